The van der Waals surface area contributed by atoms with Crippen LogP contribution in [0.5, 0.6) is 11.6 Å². The van der Waals surface area contributed by atoms with Crippen molar-refractivity contribution in [1.82, 2.24) is 15.0 Å². The number of hydrogen-bond acceptors (Lipinski definition) is 5. The van der Waals surface area contributed by atoms with Gasteiger partial charge in [0.05, 0.1) is 18.2 Å². The lowest BCUT2D eigenvalue weighted by atomic mass is 10.0. The van der Waals surface area contributed by atoms with Gasteiger partial charge in [-0.1, -0.05) is 18.2 Å². The molecule has 0 saturated heterocycles. The molecule has 148 valence electrons. The van der Waals surface area contributed by atoms with Crippen molar-refractivity contribution in [3.05, 3.63) is 102 Å². The first-order valence-corrected chi connectivity index (χ1v) is 9.38. The Balaban J connectivity index is 1.53. The van der Waals surface area contributed by atoms with Gasteiger partial charge in [-0.25, -0.2) is 9.37 Å². The lowest BCUT2D eigenvalue weighted by Crippen LogP contribution is -2.07. The molecule has 30 heavy (non-hydrogen) atoms. The Morgan fingerprint density at radius 2 is 1.90 bits per heavy atom. The number of ether oxygens (including phenoxy) is 1. The van der Waals surface area contributed by atoms with E-state index in [-0.39, 0.29) is 17.8 Å². The lowest BCUT2D eigenvalue weighted by molar-refractivity contribution is 0.0988. The van der Waals surface area contributed by atoms with Crippen LogP contribution in [0.1, 0.15) is 21.6 Å². The van der Waals surface area contributed by atoms with Gasteiger partial charge in [-0.05, 0) is 48.4 Å². The number of benzene rings is 1. The van der Waals surface area contributed by atoms with Crippen LogP contribution in [-0.2, 0) is 6.42 Å². The maximum Gasteiger partial charge on any atom is 0.219 e. The summed E-state index contributed by atoms with van der Waals surface area (Å²) in [7, 11) is 0. The van der Waals surface area contributed by atoms with Crippen molar-refractivity contribution in [1.29, 1.82) is 0 Å². The zero-order chi connectivity index (χ0) is 20.9. The smallest absolute Gasteiger partial charge is 0.219 e. The molecule has 0 saturated carbocycles. The first kappa shape index (κ1) is 19.4. The van der Waals surface area contributed by atoms with Crippen LogP contribution in [0.25, 0.3) is 11.1 Å². The molecule has 0 aliphatic heterocycles. The van der Waals surface area contributed by atoms with Crippen LogP contribution in [0.15, 0.2) is 79.4 Å². The Bertz CT molecular complexity index is 1180. The minimum atomic E-state index is -0.625. The maximum atomic E-state index is 13.7. The number of hydrogen-bond donors (Lipinski definition) is 0. The van der Waals surface area contributed by atoms with Gasteiger partial charge in [-0.2, -0.15) is 0 Å². The molecule has 0 atom stereocenters. The molecule has 4 rings (SSSR count). The van der Waals surface area contributed by atoms with Gasteiger partial charge in [0.25, 0.3) is 0 Å². The predicted molar refractivity (Wildman–Crippen MR) is 111 cm³/mol. The highest BCUT2D eigenvalue weighted by molar-refractivity contribution is 5.97. The van der Waals surface area contributed by atoms with Crippen molar-refractivity contribution >= 4 is 5.78 Å². The van der Waals surface area contributed by atoms with Crippen molar-refractivity contribution in [2.75, 3.05) is 0 Å². The van der Waals surface area contributed by atoms with E-state index in [0.717, 1.165) is 22.9 Å². The Morgan fingerprint density at radius 3 is 2.63 bits per heavy atom. The highest BCUT2D eigenvalue weighted by atomic mass is 19.1. The van der Waals surface area contributed by atoms with E-state index in [4.69, 9.17) is 4.74 Å². The largest absolute Gasteiger partial charge is 0.439 e. The summed E-state index contributed by atoms with van der Waals surface area (Å²) in [6.07, 6.45) is 5.83. The van der Waals surface area contributed by atoms with Crippen LogP contribution in [0.4, 0.5) is 4.39 Å². The minimum Gasteiger partial charge on any atom is -0.439 e. The van der Waals surface area contributed by atoms with Crippen molar-refractivity contribution in [3.8, 4) is 22.8 Å². The van der Waals surface area contributed by atoms with Crippen molar-refractivity contribution in [2.24, 2.45) is 0 Å². The normalized spacial score (nSPS) is 10.6. The average molecular weight is 399 g/mol. The highest BCUT2D eigenvalue weighted by Gasteiger charge is 2.13. The van der Waals surface area contributed by atoms with E-state index in [1.807, 2.05) is 43.3 Å². The molecular formula is C24H18FN3O2. The summed E-state index contributed by atoms with van der Waals surface area (Å²) in [6.45, 7) is 2.00. The van der Waals surface area contributed by atoms with E-state index in [1.165, 1.54) is 12.3 Å². The highest BCUT2D eigenvalue weighted by Crippen LogP contribution is 2.29. The first-order valence-electron chi connectivity index (χ1n) is 9.38. The minimum absolute atomic E-state index is 0.0169. The summed E-state index contributed by atoms with van der Waals surface area (Å²) >= 11 is 0. The molecule has 0 N–H and O–H groups in total. The number of carbonyl (C=O) groups excluding carboxylic acids is 1. The second-order valence-electron chi connectivity index (χ2n) is 6.74. The molecule has 0 aliphatic rings. The Kier molecular flexibility index (Phi) is 5.57. The topological polar surface area (TPSA) is 65.0 Å². The Morgan fingerprint density at radius 1 is 1.00 bits per heavy atom. The van der Waals surface area contributed by atoms with Crippen LogP contribution in [0.3, 0.4) is 0 Å². The quantitative estimate of drug-likeness (QED) is 0.417. The molecule has 4 aromatic rings. The van der Waals surface area contributed by atoms with Gasteiger partial charge in [-0.3, -0.25) is 14.8 Å². The molecule has 0 bridgehead atoms. The van der Waals surface area contributed by atoms with Crippen molar-refractivity contribution in [3.63, 3.8) is 0 Å². The summed E-state index contributed by atoms with van der Waals surface area (Å²) in [6, 6.07) is 16.3. The predicted octanol–water partition coefficient (Wildman–Crippen LogP) is 5.20. The molecule has 0 fully saturated rings. The molecule has 5 nitrogen and oxygen atoms in total. The number of carbonyl (C=O) groups is 1. The van der Waals surface area contributed by atoms with Gasteiger partial charge < -0.3 is 4.74 Å². The zero-order valence-electron chi connectivity index (χ0n) is 16.2. The molecule has 0 unspecified atom stereocenters. The van der Waals surface area contributed by atoms with Gasteiger partial charge >= 0.3 is 0 Å². The number of ketones is 1. The fourth-order valence-electron chi connectivity index (χ4n) is 3.05. The maximum absolute atomic E-state index is 13.7. The van der Waals surface area contributed by atoms with E-state index < -0.39 is 5.82 Å². The van der Waals surface area contributed by atoms with Crippen molar-refractivity contribution in [2.45, 2.75) is 13.3 Å². The standard InChI is InChI=1S/C24H18FN3O2/c1-16-5-8-19(30-24-4-2-3-10-27-24)13-21(16)17-6-7-18(28-14-17)12-23(29)20-9-11-26-15-22(20)25/h2-11,13-15H,12H2,1H3. The second kappa shape index (κ2) is 8.61. The van der Waals surface area contributed by atoms with Crippen LogP contribution in [0, 0.1) is 12.7 Å². The molecule has 0 radical (unpaired) electrons. The SMILES string of the molecule is Cc1ccc(Oc2ccccn2)cc1-c1ccc(CC(=O)c2ccncc2F)nc1. The monoisotopic (exact) mass is 399 g/mol. The number of Topliss-reactive ketones (excluding diaryl/α,β-unsaturated/α-hetero) is 1. The van der Waals surface area contributed by atoms with Gasteiger partial charge in [0.1, 0.15) is 5.75 Å². The zero-order valence-corrected chi connectivity index (χ0v) is 16.2. The summed E-state index contributed by atoms with van der Waals surface area (Å²) < 4.78 is 19.6. The molecule has 0 aliphatic carbocycles. The molecule has 3 aromatic heterocycles. The van der Waals surface area contributed by atoms with Gasteiger partial charge in [-0.15, -0.1) is 0 Å². The van der Waals surface area contributed by atoms with Gasteiger partial charge in [0.15, 0.2) is 11.6 Å². The van der Waals surface area contributed by atoms with Crippen LogP contribution < -0.4 is 4.74 Å². The molecule has 3 heterocycles. The fraction of sp³-hybridized carbons (Fsp3) is 0.0833. The molecule has 0 spiro atoms. The molecular weight excluding hydrogens is 381 g/mol. The first-order chi connectivity index (χ1) is 14.6. The lowest BCUT2D eigenvalue weighted by Gasteiger charge is -2.10. The Hall–Kier alpha value is -3.93. The summed E-state index contributed by atoms with van der Waals surface area (Å²) in [5.74, 6) is 0.223. The van der Waals surface area contributed by atoms with Crippen molar-refractivity contribution < 1.29 is 13.9 Å². The molecule has 1 aromatic carbocycles. The number of pyridine rings is 3. The van der Waals surface area contributed by atoms with E-state index in [1.54, 1.807) is 24.5 Å². The van der Waals surface area contributed by atoms with Crippen LogP contribution in [0.2, 0.25) is 0 Å². The number of rotatable bonds is 6. The number of halogens is 1. The third-order valence-corrected chi connectivity index (χ3v) is 4.62. The summed E-state index contributed by atoms with van der Waals surface area (Å²) in [5.41, 5.74) is 3.51. The van der Waals surface area contributed by atoms with E-state index in [0.29, 0.717) is 17.3 Å². The number of aryl methyl sites for hydroxylation is 1. The molecule has 0 amide bonds. The van der Waals surface area contributed by atoms with Gasteiger partial charge in [0, 0.05) is 35.9 Å². The van der Waals surface area contributed by atoms with Gasteiger partial charge in [0.2, 0.25) is 5.88 Å². The summed E-state index contributed by atoms with van der Waals surface area (Å²) in [4.78, 5) is 24.6. The second-order valence-corrected chi connectivity index (χ2v) is 6.74. The average Bonchev–Trinajstić information content (AvgIpc) is 2.77. The van der Waals surface area contributed by atoms with E-state index in [2.05, 4.69) is 15.0 Å². The van der Waals surface area contributed by atoms with E-state index >= 15 is 0 Å². The van der Waals surface area contributed by atoms with Crippen LogP contribution in [-0.4, -0.2) is 20.7 Å². The third kappa shape index (κ3) is 4.38. The fourth-order valence-corrected chi connectivity index (χ4v) is 3.05. The summed E-state index contributed by atoms with van der Waals surface area (Å²) in [5, 5.41) is 0. The number of aromatic nitrogens is 3. The van der Waals surface area contributed by atoms with E-state index in [9.17, 15) is 9.18 Å². The third-order valence-electron chi connectivity index (χ3n) is 4.62. The number of nitrogens with zero attached hydrogens (tertiary/aromatic N) is 3. The Labute approximate surface area is 173 Å². The molecule has 6 heteroatoms. The van der Waals surface area contributed by atoms with Crippen LogP contribution >= 0.6 is 0 Å².